The van der Waals surface area contributed by atoms with Crippen molar-refractivity contribution in [2.75, 3.05) is 19.6 Å². The highest BCUT2D eigenvalue weighted by Gasteiger charge is 2.40. The molecule has 0 unspecified atom stereocenters. The van der Waals surface area contributed by atoms with Gasteiger partial charge in [-0.1, -0.05) is 12.8 Å². The molecule has 2 saturated carbocycles. The molecule has 2 bridgehead atoms. The lowest BCUT2D eigenvalue weighted by molar-refractivity contribution is -0.123. The van der Waals surface area contributed by atoms with Gasteiger partial charge in [-0.3, -0.25) is 9.69 Å². The van der Waals surface area contributed by atoms with Gasteiger partial charge in [0.15, 0.2) is 0 Å². The van der Waals surface area contributed by atoms with Crippen LogP contribution in [0.3, 0.4) is 0 Å². The molecule has 3 rings (SSSR count). The summed E-state index contributed by atoms with van der Waals surface area (Å²) in [6.07, 6.45) is 9.24. The maximum Gasteiger partial charge on any atom is 0.234 e. The van der Waals surface area contributed by atoms with Gasteiger partial charge in [0.1, 0.15) is 0 Å². The summed E-state index contributed by atoms with van der Waals surface area (Å²) in [4.78, 5) is 14.3. The van der Waals surface area contributed by atoms with E-state index in [2.05, 4.69) is 10.2 Å². The SMILES string of the molecule is O=C(CN1CCCCC1)N[C@H]1C[C@@H]2CC[C@@H]1C2. The number of amides is 1. The zero-order valence-electron chi connectivity index (χ0n) is 10.7. The number of rotatable bonds is 3. The Labute approximate surface area is 104 Å². The van der Waals surface area contributed by atoms with E-state index in [1.165, 1.54) is 44.9 Å². The van der Waals surface area contributed by atoms with Crippen LogP contribution in [0.2, 0.25) is 0 Å². The van der Waals surface area contributed by atoms with Gasteiger partial charge in [0.05, 0.1) is 6.54 Å². The van der Waals surface area contributed by atoms with Crippen molar-refractivity contribution in [2.24, 2.45) is 11.8 Å². The van der Waals surface area contributed by atoms with Gasteiger partial charge in [0.25, 0.3) is 0 Å². The molecule has 0 aromatic carbocycles. The van der Waals surface area contributed by atoms with Crippen molar-refractivity contribution in [3.63, 3.8) is 0 Å². The maximum atomic E-state index is 12.0. The molecule has 3 nitrogen and oxygen atoms in total. The van der Waals surface area contributed by atoms with E-state index in [-0.39, 0.29) is 5.91 Å². The summed E-state index contributed by atoms with van der Waals surface area (Å²) in [6, 6.07) is 0.506. The fourth-order valence-corrected chi connectivity index (χ4v) is 3.99. The highest BCUT2D eigenvalue weighted by molar-refractivity contribution is 5.78. The second-order valence-corrected chi connectivity index (χ2v) is 6.19. The summed E-state index contributed by atoms with van der Waals surface area (Å²) < 4.78 is 0. The molecule has 1 heterocycles. The first-order chi connectivity index (χ1) is 8.31. The molecular weight excluding hydrogens is 212 g/mol. The van der Waals surface area contributed by atoms with Crippen molar-refractivity contribution in [3.8, 4) is 0 Å². The van der Waals surface area contributed by atoms with Crippen LogP contribution < -0.4 is 5.32 Å². The molecule has 96 valence electrons. The number of piperidine rings is 1. The van der Waals surface area contributed by atoms with Crippen LogP contribution in [-0.2, 0) is 4.79 Å². The van der Waals surface area contributed by atoms with E-state index in [1.54, 1.807) is 0 Å². The average Bonchev–Trinajstić information content (AvgIpc) is 2.92. The Hall–Kier alpha value is -0.570. The Morgan fingerprint density at radius 3 is 2.59 bits per heavy atom. The number of hydrogen-bond acceptors (Lipinski definition) is 2. The van der Waals surface area contributed by atoms with E-state index >= 15 is 0 Å². The minimum Gasteiger partial charge on any atom is -0.352 e. The van der Waals surface area contributed by atoms with Gasteiger partial charge in [-0.15, -0.1) is 0 Å². The third kappa shape index (κ3) is 2.65. The van der Waals surface area contributed by atoms with Gasteiger partial charge in [-0.05, 0) is 57.0 Å². The van der Waals surface area contributed by atoms with Crippen molar-refractivity contribution < 1.29 is 4.79 Å². The van der Waals surface area contributed by atoms with E-state index in [0.29, 0.717) is 12.6 Å². The number of nitrogens with zero attached hydrogens (tertiary/aromatic N) is 1. The van der Waals surface area contributed by atoms with Crippen LogP contribution in [0.25, 0.3) is 0 Å². The summed E-state index contributed by atoms with van der Waals surface area (Å²) in [5.74, 6) is 1.98. The third-order valence-electron chi connectivity index (χ3n) is 4.90. The van der Waals surface area contributed by atoms with Crippen molar-refractivity contribution in [1.29, 1.82) is 0 Å². The Kier molecular flexibility index (Phi) is 3.37. The first-order valence-corrected chi connectivity index (χ1v) is 7.33. The summed E-state index contributed by atoms with van der Waals surface area (Å²) in [7, 11) is 0. The number of hydrogen-bond donors (Lipinski definition) is 1. The number of nitrogens with one attached hydrogen (secondary N) is 1. The molecule has 0 aromatic rings. The van der Waals surface area contributed by atoms with Crippen LogP contribution in [0, 0.1) is 11.8 Å². The van der Waals surface area contributed by atoms with Gasteiger partial charge < -0.3 is 5.32 Å². The van der Waals surface area contributed by atoms with E-state index < -0.39 is 0 Å². The molecule has 1 saturated heterocycles. The van der Waals surface area contributed by atoms with Crippen LogP contribution in [-0.4, -0.2) is 36.5 Å². The Balaban J connectivity index is 1.44. The molecule has 1 N–H and O–H groups in total. The van der Waals surface area contributed by atoms with Crippen LogP contribution in [0.15, 0.2) is 0 Å². The third-order valence-corrected chi connectivity index (χ3v) is 4.90. The predicted octanol–water partition coefficient (Wildman–Crippen LogP) is 1.78. The molecular formula is C14H24N2O. The minimum atomic E-state index is 0.268. The Bertz CT molecular complexity index is 286. The molecule has 0 aromatic heterocycles. The number of fused-ring (bicyclic) bond motifs is 2. The first-order valence-electron chi connectivity index (χ1n) is 7.33. The highest BCUT2D eigenvalue weighted by Crippen LogP contribution is 2.44. The lowest BCUT2D eigenvalue weighted by Crippen LogP contribution is -2.45. The number of likely N-dealkylation sites (tertiary alicyclic amines) is 1. The maximum absolute atomic E-state index is 12.0. The number of carbonyl (C=O) groups excluding carboxylic acids is 1. The molecule has 1 aliphatic heterocycles. The second kappa shape index (κ2) is 4.97. The van der Waals surface area contributed by atoms with Crippen molar-refractivity contribution in [1.82, 2.24) is 10.2 Å². The van der Waals surface area contributed by atoms with Gasteiger partial charge in [-0.25, -0.2) is 0 Å². The number of carbonyl (C=O) groups is 1. The van der Waals surface area contributed by atoms with Crippen molar-refractivity contribution in [3.05, 3.63) is 0 Å². The molecule has 3 heteroatoms. The molecule has 3 aliphatic rings. The van der Waals surface area contributed by atoms with Crippen LogP contribution in [0.1, 0.15) is 44.9 Å². The van der Waals surface area contributed by atoms with Crippen LogP contribution in [0.4, 0.5) is 0 Å². The fourth-order valence-electron chi connectivity index (χ4n) is 3.99. The molecule has 1 amide bonds. The summed E-state index contributed by atoms with van der Waals surface area (Å²) in [5.41, 5.74) is 0. The topological polar surface area (TPSA) is 32.3 Å². The second-order valence-electron chi connectivity index (χ2n) is 6.19. The van der Waals surface area contributed by atoms with Crippen molar-refractivity contribution in [2.45, 2.75) is 51.0 Å². The molecule has 0 spiro atoms. The predicted molar refractivity (Wildman–Crippen MR) is 67.7 cm³/mol. The molecule has 17 heavy (non-hydrogen) atoms. The Morgan fingerprint density at radius 1 is 1.12 bits per heavy atom. The molecule has 0 radical (unpaired) electrons. The minimum absolute atomic E-state index is 0.268. The summed E-state index contributed by atoms with van der Waals surface area (Å²) in [6.45, 7) is 2.86. The van der Waals surface area contributed by atoms with Crippen LogP contribution in [0.5, 0.6) is 0 Å². The largest absolute Gasteiger partial charge is 0.352 e. The lowest BCUT2D eigenvalue weighted by atomic mass is 9.95. The normalized spacial score (nSPS) is 37.3. The lowest BCUT2D eigenvalue weighted by Gasteiger charge is -2.28. The van der Waals surface area contributed by atoms with E-state index in [9.17, 15) is 4.79 Å². The summed E-state index contributed by atoms with van der Waals surface area (Å²) >= 11 is 0. The van der Waals surface area contributed by atoms with Crippen molar-refractivity contribution >= 4 is 5.91 Å². The molecule has 2 aliphatic carbocycles. The standard InChI is InChI=1S/C14H24N2O/c17-14(10-16-6-2-1-3-7-16)15-13-9-11-4-5-12(13)8-11/h11-13H,1-10H2,(H,15,17)/t11-,12-,13+/m1/s1. The van der Waals surface area contributed by atoms with Gasteiger partial charge >= 0.3 is 0 Å². The summed E-state index contributed by atoms with van der Waals surface area (Å²) in [5, 5.41) is 3.28. The fraction of sp³-hybridized carbons (Fsp3) is 0.929. The smallest absolute Gasteiger partial charge is 0.234 e. The average molecular weight is 236 g/mol. The first kappa shape index (κ1) is 11.5. The molecule has 3 atom stereocenters. The van der Waals surface area contributed by atoms with Gasteiger partial charge in [0.2, 0.25) is 5.91 Å². The molecule has 3 fully saturated rings. The van der Waals surface area contributed by atoms with E-state index in [1.807, 2.05) is 0 Å². The highest BCUT2D eigenvalue weighted by atomic mass is 16.2. The van der Waals surface area contributed by atoms with E-state index in [0.717, 1.165) is 24.9 Å². The Morgan fingerprint density at radius 2 is 1.94 bits per heavy atom. The van der Waals surface area contributed by atoms with Gasteiger partial charge in [0, 0.05) is 6.04 Å². The van der Waals surface area contributed by atoms with Gasteiger partial charge in [-0.2, -0.15) is 0 Å². The zero-order chi connectivity index (χ0) is 11.7. The quantitative estimate of drug-likeness (QED) is 0.810. The monoisotopic (exact) mass is 236 g/mol. The van der Waals surface area contributed by atoms with E-state index in [4.69, 9.17) is 0 Å². The zero-order valence-corrected chi connectivity index (χ0v) is 10.7. The van der Waals surface area contributed by atoms with Crippen LogP contribution >= 0.6 is 0 Å².